The molecule has 0 spiro atoms. The standard InChI is InChI=1S/C12H11N5O/c1-2-4-10(5-3-1)8-9-18-12-7-6-11-13-15-16-17(11)14-12/h1-7H,8-9H2. The Kier molecular flexibility index (Phi) is 2.83. The van der Waals surface area contributed by atoms with Crippen molar-refractivity contribution in [1.29, 1.82) is 0 Å². The summed E-state index contributed by atoms with van der Waals surface area (Å²) in [4.78, 5) is 0. The number of ether oxygens (including phenoxy) is 1. The van der Waals surface area contributed by atoms with Crippen molar-refractivity contribution in [2.24, 2.45) is 0 Å². The molecule has 3 aromatic rings. The summed E-state index contributed by atoms with van der Waals surface area (Å²) in [7, 11) is 0. The van der Waals surface area contributed by atoms with Crippen molar-refractivity contribution in [2.75, 3.05) is 6.61 Å². The Morgan fingerprint density at radius 1 is 1.06 bits per heavy atom. The van der Waals surface area contributed by atoms with Crippen LogP contribution >= 0.6 is 0 Å². The van der Waals surface area contributed by atoms with Crippen LogP contribution in [0.15, 0.2) is 42.5 Å². The van der Waals surface area contributed by atoms with Gasteiger partial charge in [-0.1, -0.05) is 30.3 Å². The Balaban J connectivity index is 1.62. The van der Waals surface area contributed by atoms with Crippen LogP contribution in [0.2, 0.25) is 0 Å². The minimum atomic E-state index is 0.519. The summed E-state index contributed by atoms with van der Waals surface area (Å²) < 4.78 is 6.91. The van der Waals surface area contributed by atoms with E-state index in [1.807, 2.05) is 18.2 Å². The zero-order valence-electron chi connectivity index (χ0n) is 9.60. The molecule has 0 radical (unpaired) electrons. The molecular weight excluding hydrogens is 230 g/mol. The van der Waals surface area contributed by atoms with Crippen LogP contribution in [0.4, 0.5) is 0 Å². The number of nitrogens with zero attached hydrogens (tertiary/aromatic N) is 5. The van der Waals surface area contributed by atoms with E-state index < -0.39 is 0 Å². The molecule has 0 atom stereocenters. The molecule has 2 aromatic heterocycles. The fourth-order valence-electron chi connectivity index (χ4n) is 1.63. The number of benzene rings is 1. The lowest BCUT2D eigenvalue weighted by Gasteiger charge is -2.04. The molecule has 0 aliphatic heterocycles. The molecule has 0 bridgehead atoms. The van der Waals surface area contributed by atoms with Gasteiger partial charge in [0.2, 0.25) is 5.88 Å². The van der Waals surface area contributed by atoms with E-state index >= 15 is 0 Å². The van der Waals surface area contributed by atoms with Crippen molar-refractivity contribution in [3.05, 3.63) is 48.0 Å². The molecule has 0 amide bonds. The first kappa shape index (κ1) is 10.6. The van der Waals surface area contributed by atoms with E-state index in [2.05, 4.69) is 32.8 Å². The van der Waals surface area contributed by atoms with Gasteiger partial charge in [-0.05, 0) is 22.1 Å². The van der Waals surface area contributed by atoms with Crippen LogP contribution in [0.1, 0.15) is 5.56 Å². The largest absolute Gasteiger partial charge is 0.476 e. The van der Waals surface area contributed by atoms with E-state index in [0.717, 1.165) is 6.42 Å². The molecular formula is C12H11N5O. The van der Waals surface area contributed by atoms with Gasteiger partial charge in [-0.2, -0.15) is 0 Å². The minimum Gasteiger partial charge on any atom is -0.476 e. The maximum absolute atomic E-state index is 5.56. The number of fused-ring (bicyclic) bond motifs is 1. The van der Waals surface area contributed by atoms with E-state index in [1.54, 1.807) is 12.1 Å². The van der Waals surface area contributed by atoms with Crippen LogP contribution in [0.5, 0.6) is 5.88 Å². The van der Waals surface area contributed by atoms with Crippen LogP contribution in [0.25, 0.3) is 5.65 Å². The lowest BCUT2D eigenvalue weighted by Crippen LogP contribution is -2.05. The molecule has 0 saturated heterocycles. The molecule has 0 aliphatic carbocycles. The summed E-state index contributed by atoms with van der Waals surface area (Å²) in [6.07, 6.45) is 0.843. The average molecular weight is 241 g/mol. The maximum Gasteiger partial charge on any atom is 0.233 e. The van der Waals surface area contributed by atoms with Crippen LogP contribution in [-0.2, 0) is 6.42 Å². The first-order chi connectivity index (χ1) is 8.92. The van der Waals surface area contributed by atoms with Gasteiger partial charge in [0.25, 0.3) is 0 Å². The van der Waals surface area contributed by atoms with E-state index in [0.29, 0.717) is 18.1 Å². The van der Waals surface area contributed by atoms with Crippen molar-refractivity contribution < 1.29 is 4.74 Å². The quantitative estimate of drug-likeness (QED) is 0.685. The van der Waals surface area contributed by atoms with Crippen LogP contribution < -0.4 is 4.74 Å². The number of hydrogen-bond donors (Lipinski definition) is 0. The molecule has 0 fully saturated rings. The van der Waals surface area contributed by atoms with Crippen LogP contribution in [0, 0.1) is 0 Å². The zero-order valence-corrected chi connectivity index (χ0v) is 9.60. The second-order valence-corrected chi connectivity index (χ2v) is 3.78. The van der Waals surface area contributed by atoms with Gasteiger partial charge in [-0.25, -0.2) is 0 Å². The molecule has 2 heterocycles. The van der Waals surface area contributed by atoms with Crippen molar-refractivity contribution in [1.82, 2.24) is 25.3 Å². The normalized spacial score (nSPS) is 10.7. The van der Waals surface area contributed by atoms with Crippen molar-refractivity contribution in [3.63, 3.8) is 0 Å². The Morgan fingerprint density at radius 2 is 1.94 bits per heavy atom. The van der Waals surface area contributed by atoms with Gasteiger partial charge in [0.1, 0.15) is 0 Å². The molecule has 18 heavy (non-hydrogen) atoms. The molecule has 0 N–H and O–H groups in total. The summed E-state index contributed by atoms with van der Waals surface area (Å²) in [6, 6.07) is 13.7. The van der Waals surface area contributed by atoms with Crippen molar-refractivity contribution >= 4 is 5.65 Å². The molecule has 0 aliphatic rings. The van der Waals surface area contributed by atoms with Gasteiger partial charge in [0, 0.05) is 12.5 Å². The fourth-order valence-corrected chi connectivity index (χ4v) is 1.63. The summed E-state index contributed by atoms with van der Waals surface area (Å²) in [6.45, 7) is 0.574. The summed E-state index contributed by atoms with van der Waals surface area (Å²) in [5.41, 5.74) is 1.84. The SMILES string of the molecule is c1ccc(CCOc2ccc3nnnn3n2)cc1. The predicted octanol–water partition coefficient (Wildman–Crippen LogP) is 1.14. The molecule has 1 aromatic carbocycles. The van der Waals surface area contributed by atoms with Gasteiger partial charge < -0.3 is 4.74 Å². The van der Waals surface area contributed by atoms with E-state index in [1.165, 1.54) is 10.2 Å². The summed E-state index contributed by atoms with van der Waals surface area (Å²) in [5.74, 6) is 0.519. The highest BCUT2D eigenvalue weighted by molar-refractivity contribution is 5.34. The summed E-state index contributed by atoms with van der Waals surface area (Å²) in [5, 5.41) is 15.1. The number of tetrazole rings is 1. The maximum atomic E-state index is 5.56. The first-order valence-corrected chi connectivity index (χ1v) is 5.64. The molecule has 0 saturated carbocycles. The lowest BCUT2D eigenvalue weighted by atomic mass is 10.2. The van der Waals surface area contributed by atoms with Gasteiger partial charge in [-0.3, -0.25) is 0 Å². The highest BCUT2D eigenvalue weighted by atomic mass is 16.5. The third-order valence-electron chi connectivity index (χ3n) is 2.53. The first-order valence-electron chi connectivity index (χ1n) is 5.64. The van der Waals surface area contributed by atoms with E-state index in [9.17, 15) is 0 Å². The van der Waals surface area contributed by atoms with Gasteiger partial charge in [0.05, 0.1) is 6.61 Å². The monoisotopic (exact) mass is 241 g/mol. The summed E-state index contributed by atoms with van der Waals surface area (Å²) >= 11 is 0. The molecule has 6 heteroatoms. The Bertz CT molecular complexity index is 637. The second kappa shape index (κ2) is 4.79. The minimum absolute atomic E-state index is 0.519. The van der Waals surface area contributed by atoms with Gasteiger partial charge >= 0.3 is 0 Å². The van der Waals surface area contributed by atoms with Crippen LogP contribution in [0.3, 0.4) is 0 Å². The molecule has 90 valence electrons. The van der Waals surface area contributed by atoms with E-state index in [-0.39, 0.29) is 0 Å². The average Bonchev–Trinajstić information content (AvgIpc) is 2.87. The molecule has 3 rings (SSSR count). The Hall–Kier alpha value is -2.50. The van der Waals surface area contributed by atoms with Crippen LogP contribution in [-0.4, -0.2) is 31.9 Å². The predicted molar refractivity (Wildman–Crippen MR) is 64.2 cm³/mol. The Morgan fingerprint density at radius 3 is 2.83 bits per heavy atom. The highest BCUT2D eigenvalue weighted by Crippen LogP contribution is 2.07. The topological polar surface area (TPSA) is 65.2 Å². The van der Waals surface area contributed by atoms with Crippen molar-refractivity contribution in [3.8, 4) is 5.88 Å². The second-order valence-electron chi connectivity index (χ2n) is 3.78. The third-order valence-corrected chi connectivity index (χ3v) is 2.53. The lowest BCUT2D eigenvalue weighted by molar-refractivity contribution is 0.303. The van der Waals surface area contributed by atoms with Gasteiger partial charge in [-0.15, -0.1) is 14.8 Å². The zero-order chi connectivity index (χ0) is 12.2. The molecule has 0 unspecified atom stereocenters. The smallest absolute Gasteiger partial charge is 0.233 e. The molecule has 6 nitrogen and oxygen atoms in total. The number of aromatic nitrogens is 5. The van der Waals surface area contributed by atoms with Gasteiger partial charge in [0.15, 0.2) is 5.65 Å². The number of rotatable bonds is 4. The third kappa shape index (κ3) is 2.27. The Labute approximate surface area is 103 Å². The fraction of sp³-hybridized carbons (Fsp3) is 0.167. The highest BCUT2D eigenvalue weighted by Gasteiger charge is 2.01. The number of hydrogen-bond acceptors (Lipinski definition) is 5. The van der Waals surface area contributed by atoms with Crippen molar-refractivity contribution in [2.45, 2.75) is 6.42 Å². The van der Waals surface area contributed by atoms with E-state index in [4.69, 9.17) is 4.74 Å².